The number of ether oxygens (including phenoxy) is 2. The van der Waals surface area contributed by atoms with Gasteiger partial charge in [-0.1, -0.05) is 40.8 Å². The Morgan fingerprint density at radius 3 is 2.38 bits per heavy atom. The SMILES string of the molecule is CO[C@H]1C[SH]([C@@H]2COC[C@H](n3cc(-c4ccccc4)nn3)[C@H]2O)[C@H](CO)[C@H](O)C1n1cc(-c2cncnc2)nn1. The largest absolute Gasteiger partial charge is 0.395 e. The van der Waals surface area contributed by atoms with E-state index in [4.69, 9.17) is 9.47 Å². The Labute approximate surface area is 233 Å². The number of hydrogen-bond acceptors (Lipinski definition) is 11. The minimum absolute atomic E-state index is 0.247. The molecule has 0 saturated carbocycles. The zero-order chi connectivity index (χ0) is 27.6. The van der Waals surface area contributed by atoms with Crippen molar-refractivity contribution in [1.82, 2.24) is 40.0 Å². The summed E-state index contributed by atoms with van der Waals surface area (Å²) in [4.78, 5) is 8.06. The highest BCUT2D eigenvalue weighted by Crippen LogP contribution is 2.51. The van der Waals surface area contributed by atoms with E-state index in [1.807, 2.05) is 36.5 Å². The van der Waals surface area contributed by atoms with E-state index in [1.54, 1.807) is 35.1 Å². The van der Waals surface area contributed by atoms with E-state index in [-0.39, 0.29) is 18.5 Å². The van der Waals surface area contributed by atoms with Crippen molar-refractivity contribution in [2.45, 2.75) is 40.9 Å². The Kier molecular flexibility index (Phi) is 7.87. The van der Waals surface area contributed by atoms with Crippen LogP contribution in [0.25, 0.3) is 22.5 Å². The Morgan fingerprint density at radius 1 is 0.950 bits per heavy atom. The van der Waals surface area contributed by atoms with Gasteiger partial charge in [0.25, 0.3) is 0 Å². The van der Waals surface area contributed by atoms with Gasteiger partial charge in [0.1, 0.15) is 29.8 Å². The number of thiol groups is 1. The zero-order valence-corrected chi connectivity index (χ0v) is 22.7. The molecule has 5 heterocycles. The second kappa shape index (κ2) is 11.7. The van der Waals surface area contributed by atoms with Gasteiger partial charge in [0.2, 0.25) is 0 Å². The summed E-state index contributed by atoms with van der Waals surface area (Å²) >= 11 is 0. The van der Waals surface area contributed by atoms with Gasteiger partial charge in [-0.25, -0.2) is 30.2 Å². The maximum absolute atomic E-state index is 11.6. The van der Waals surface area contributed by atoms with Gasteiger partial charge >= 0.3 is 0 Å². The molecule has 212 valence electrons. The summed E-state index contributed by atoms with van der Waals surface area (Å²) in [5.41, 5.74) is 2.91. The molecule has 1 aromatic carbocycles. The molecule has 0 bridgehead atoms. The van der Waals surface area contributed by atoms with Gasteiger partial charge < -0.3 is 24.8 Å². The van der Waals surface area contributed by atoms with Crippen molar-refractivity contribution in [3.8, 4) is 22.5 Å². The molecule has 4 aromatic rings. The molecule has 3 N–H and O–H groups in total. The third-order valence-corrected chi connectivity index (χ3v) is 11.2. The first kappa shape index (κ1) is 26.9. The quantitative estimate of drug-likeness (QED) is 0.226. The highest BCUT2D eigenvalue weighted by atomic mass is 32.2. The summed E-state index contributed by atoms with van der Waals surface area (Å²) in [7, 11) is 0.466. The standard InChI is InChI=1S/C26H32N8O5S/c1-38-21-14-40(22(11-35)26(37)24(21)34-10-19(30-32-34)17-7-27-15-28-8-17)23-13-39-12-20(25(23)36)33-9-18(29-31-33)16-5-3-2-4-6-16/h2-10,15,20-26,35-37,40H,11-14H2,1H3/t20-,21-,22+,23+,24?,25+,26-/m0/s1. The van der Waals surface area contributed by atoms with Gasteiger partial charge in [-0.05, 0) is 0 Å². The van der Waals surface area contributed by atoms with Gasteiger partial charge in [0.15, 0.2) is 0 Å². The first-order valence-corrected chi connectivity index (χ1v) is 14.7. The zero-order valence-electron chi connectivity index (χ0n) is 21.8. The predicted molar refractivity (Wildman–Crippen MR) is 147 cm³/mol. The molecule has 3 aromatic heterocycles. The lowest BCUT2D eigenvalue weighted by molar-refractivity contribution is -0.0339. The fourth-order valence-electron chi connectivity index (χ4n) is 5.68. The minimum Gasteiger partial charge on any atom is -0.395 e. The molecule has 8 atom stereocenters. The molecule has 0 radical (unpaired) electrons. The van der Waals surface area contributed by atoms with E-state index in [1.165, 1.54) is 6.33 Å². The minimum atomic E-state index is -1.13. The van der Waals surface area contributed by atoms with Gasteiger partial charge in [-0.3, -0.25) is 0 Å². The molecule has 40 heavy (non-hydrogen) atoms. The Bertz CT molecular complexity index is 1390. The molecule has 2 aliphatic heterocycles. The second-order valence-electron chi connectivity index (χ2n) is 10.0. The fourth-order valence-corrected chi connectivity index (χ4v) is 9.16. The summed E-state index contributed by atoms with van der Waals surface area (Å²) in [5.74, 6) is 0.535. The molecule has 0 aliphatic carbocycles. The summed E-state index contributed by atoms with van der Waals surface area (Å²) in [5, 5.41) is 49.9. The van der Waals surface area contributed by atoms with Crippen molar-refractivity contribution in [3.05, 3.63) is 61.4 Å². The number of aromatic nitrogens is 8. The van der Waals surface area contributed by atoms with Crippen LogP contribution in [0.2, 0.25) is 0 Å². The number of rotatable bonds is 7. The molecule has 6 rings (SSSR count). The lowest BCUT2D eigenvalue weighted by Crippen LogP contribution is -2.55. The smallest absolute Gasteiger partial charge is 0.116 e. The van der Waals surface area contributed by atoms with Crippen molar-refractivity contribution >= 4 is 10.9 Å². The molecular formula is C26H32N8O5S. The van der Waals surface area contributed by atoms with E-state index < -0.39 is 46.5 Å². The maximum Gasteiger partial charge on any atom is 0.116 e. The summed E-state index contributed by atoms with van der Waals surface area (Å²) < 4.78 is 15.1. The molecule has 0 amide bonds. The van der Waals surface area contributed by atoms with Crippen LogP contribution >= 0.6 is 10.9 Å². The molecule has 2 unspecified atom stereocenters. The summed E-state index contributed by atoms with van der Waals surface area (Å²) in [6, 6.07) is 8.69. The van der Waals surface area contributed by atoms with Crippen LogP contribution in [0.4, 0.5) is 0 Å². The summed E-state index contributed by atoms with van der Waals surface area (Å²) in [6.45, 7) is 0.352. The van der Waals surface area contributed by atoms with Crippen LogP contribution in [-0.4, -0.2) is 117 Å². The third-order valence-electron chi connectivity index (χ3n) is 7.82. The van der Waals surface area contributed by atoms with E-state index in [2.05, 4.69) is 30.6 Å². The van der Waals surface area contributed by atoms with E-state index >= 15 is 0 Å². The number of methoxy groups -OCH3 is 1. The molecule has 2 saturated heterocycles. The Hall–Kier alpha value is -3.27. The van der Waals surface area contributed by atoms with Crippen LogP contribution in [0.5, 0.6) is 0 Å². The van der Waals surface area contributed by atoms with Crippen LogP contribution in [0.1, 0.15) is 12.1 Å². The lowest BCUT2D eigenvalue weighted by Gasteiger charge is -2.51. The Morgan fingerprint density at radius 2 is 1.65 bits per heavy atom. The van der Waals surface area contributed by atoms with Crippen molar-refractivity contribution < 1.29 is 24.8 Å². The summed E-state index contributed by atoms with van der Waals surface area (Å²) in [6.07, 6.45) is 6.04. The van der Waals surface area contributed by atoms with E-state index in [0.29, 0.717) is 29.3 Å². The normalized spacial score (nSPS) is 31.7. The third kappa shape index (κ3) is 5.02. The van der Waals surface area contributed by atoms with Crippen molar-refractivity contribution in [1.29, 1.82) is 0 Å². The van der Waals surface area contributed by atoms with Gasteiger partial charge in [-0.15, -0.1) is 10.2 Å². The molecule has 2 aliphatic rings. The maximum atomic E-state index is 11.6. The molecule has 2 fully saturated rings. The monoisotopic (exact) mass is 568 g/mol. The second-order valence-corrected chi connectivity index (χ2v) is 12.7. The Balaban J connectivity index is 1.23. The average molecular weight is 569 g/mol. The van der Waals surface area contributed by atoms with Gasteiger partial charge in [0.05, 0.1) is 50.5 Å². The van der Waals surface area contributed by atoms with Crippen LogP contribution in [-0.2, 0) is 9.47 Å². The highest BCUT2D eigenvalue weighted by molar-refractivity contribution is 8.18. The van der Waals surface area contributed by atoms with Crippen LogP contribution < -0.4 is 0 Å². The van der Waals surface area contributed by atoms with Gasteiger partial charge in [0, 0.05) is 46.9 Å². The number of benzene rings is 1. The number of aliphatic hydroxyl groups is 3. The molecule has 13 nitrogen and oxygen atoms in total. The van der Waals surface area contributed by atoms with Crippen molar-refractivity contribution in [2.75, 3.05) is 32.7 Å². The lowest BCUT2D eigenvalue weighted by atomic mass is 10.0. The van der Waals surface area contributed by atoms with Gasteiger partial charge in [-0.2, -0.15) is 0 Å². The van der Waals surface area contributed by atoms with Crippen molar-refractivity contribution in [2.24, 2.45) is 0 Å². The van der Waals surface area contributed by atoms with Crippen molar-refractivity contribution in [3.63, 3.8) is 0 Å². The van der Waals surface area contributed by atoms with E-state index in [9.17, 15) is 15.3 Å². The van der Waals surface area contributed by atoms with Crippen LogP contribution in [0.3, 0.4) is 0 Å². The van der Waals surface area contributed by atoms with E-state index in [0.717, 1.165) is 5.56 Å². The van der Waals surface area contributed by atoms with Crippen LogP contribution in [0.15, 0.2) is 61.4 Å². The molecule has 14 heteroatoms. The first-order chi connectivity index (χ1) is 19.6. The van der Waals surface area contributed by atoms with Crippen LogP contribution in [0, 0.1) is 0 Å². The highest BCUT2D eigenvalue weighted by Gasteiger charge is 2.49. The predicted octanol–water partition coefficient (Wildman–Crippen LogP) is 0.287. The number of hydrogen-bond donors (Lipinski definition) is 4. The topological polar surface area (TPSA) is 166 Å². The number of aliphatic hydroxyl groups excluding tert-OH is 3. The fraction of sp³-hybridized carbons (Fsp3) is 0.462. The average Bonchev–Trinajstić information content (AvgIpc) is 3.69. The number of nitrogens with zero attached hydrogens (tertiary/aromatic N) is 8. The first-order valence-electron chi connectivity index (χ1n) is 13.1. The molecular weight excluding hydrogens is 536 g/mol. The molecule has 0 spiro atoms.